The van der Waals surface area contributed by atoms with Gasteiger partial charge in [-0.15, -0.1) is 0 Å². The van der Waals surface area contributed by atoms with E-state index in [2.05, 4.69) is 22.1 Å². The molecular weight excluding hydrogens is 378 g/mol. The first-order chi connectivity index (χ1) is 5.91. The van der Waals surface area contributed by atoms with Crippen LogP contribution in [0.25, 0.3) is 0 Å². The molecule has 0 aromatic rings. The maximum atomic E-state index is 5.40. The average Bonchev–Trinajstić information content (AvgIpc) is 2.10. The van der Waals surface area contributed by atoms with Gasteiger partial charge in [-0.2, -0.15) is 0 Å². The normalized spacial score (nSPS) is 10.8. The van der Waals surface area contributed by atoms with Gasteiger partial charge in [-0.3, -0.25) is 0 Å². The van der Waals surface area contributed by atoms with Gasteiger partial charge in [0.15, 0.2) is 0 Å². The van der Waals surface area contributed by atoms with Crippen molar-refractivity contribution >= 4 is 18.6 Å². The maximum absolute atomic E-state index is 5.40. The minimum absolute atomic E-state index is 0.279. The molecule has 0 heterocycles. The Morgan fingerprint density at radius 2 is 1.58 bits per heavy atom. The third kappa shape index (κ3) is 11.4. The van der Waals surface area contributed by atoms with Crippen LogP contribution in [0.2, 0.25) is 0 Å². The molecule has 0 unspecified atom stereocenters. The summed E-state index contributed by atoms with van der Waals surface area (Å²) in [4.78, 5) is 0. The number of hydrogen-bond donors (Lipinski definition) is 2. The van der Waals surface area contributed by atoms with Crippen molar-refractivity contribution in [2.75, 3.05) is 13.1 Å². The molecular formula is C8H19I2N2-. The van der Waals surface area contributed by atoms with E-state index in [1.807, 2.05) is 0 Å². The molecule has 0 radical (unpaired) electrons. The van der Waals surface area contributed by atoms with Crippen LogP contribution in [-0.2, 0) is 0 Å². The van der Waals surface area contributed by atoms with Crippen molar-refractivity contribution < 1.29 is 17.5 Å². The predicted molar refractivity (Wildman–Crippen MR) is 58.8 cm³/mol. The Morgan fingerprint density at radius 1 is 1.00 bits per heavy atom. The zero-order chi connectivity index (χ0) is 9.07. The van der Waals surface area contributed by atoms with Crippen LogP contribution in [0.15, 0.2) is 0 Å². The van der Waals surface area contributed by atoms with E-state index in [1.165, 1.54) is 45.1 Å². The summed E-state index contributed by atoms with van der Waals surface area (Å²) < 4.78 is 3.43. The molecule has 12 heavy (non-hydrogen) atoms. The number of unbranched alkanes of at least 4 members (excludes halogenated alkanes) is 5. The summed E-state index contributed by atoms with van der Waals surface area (Å²) >= 11 is 2.73. The van der Waals surface area contributed by atoms with E-state index in [4.69, 9.17) is 5.73 Å². The SMILES string of the molecule is NCCCCCCCCN[I-]I. The van der Waals surface area contributed by atoms with Crippen LogP contribution < -0.4 is 26.8 Å². The standard InChI is InChI=1S/C8H19I2N2/c9-10-12-8-6-4-2-1-3-5-7-11/h12H,1-8,11H2/q-1. The van der Waals surface area contributed by atoms with Gasteiger partial charge < -0.3 is 0 Å². The summed E-state index contributed by atoms with van der Waals surface area (Å²) in [7, 11) is 0. The van der Waals surface area contributed by atoms with Crippen molar-refractivity contribution in [3.05, 3.63) is 0 Å². The number of halogens is 2. The van der Waals surface area contributed by atoms with Crippen LogP contribution in [0.1, 0.15) is 38.5 Å². The molecule has 0 aliphatic heterocycles. The quantitative estimate of drug-likeness (QED) is 0.305. The van der Waals surface area contributed by atoms with Gasteiger partial charge in [0.05, 0.1) is 0 Å². The van der Waals surface area contributed by atoms with Gasteiger partial charge in [0, 0.05) is 0 Å². The molecule has 0 fully saturated rings. The third-order valence-electron chi connectivity index (χ3n) is 1.78. The fraction of sp³-hybridized carbons (Fsp3) is 1.00. The van der Waals surface area contributed by atoms with Gasteiger partial charge in [-0.05, 0) is 0 Å². The Hall–Kier alpha value is 1.38. The Labute approximate surface area is 96.2 Å². The van der Waals surface area contributed by atoms with E-state index in [0.29, 0.717) is 0 Å². The number of nitrogens with two attached hydrogens (primary N) is 1. The molecule has 0 saturated heterocycles. The summed E-state index contributed by atoms with van der Waals surface area (Å²) in [6.45, 7) is 2.09. The molecule has 0 rings (SSSR count). The van der Waals surface area contributed by atoms with Crippen molar-refractivity contribution in [2.45, 2.75) is 38.5 Å². The average molecular weight is 397 g/mol. The summed E-state index contributed by atoms with van der Waals surface area (Å²) in [5, 5.41) is 0. The van der Waals surface area contributed by atoms with Crippen molar-refractivity contribution in [3.63, 3.8) is 0 Å². The number of rotatable bonds is 9. The van der Waals surface area contributed by atoms with Crippen LogP contribution in [0, 0.1) is 0 Å². The molecule has 0 amide bonds. The molecule has 0 aliphatic carbocycles. The molecule has 0 spiro atoms. The van der Waals surface area contributed by atoms with E-state index >= 15 is 0 Å². The van der Waals surface area contributed by atoms with E-state index in [9.17, 15) is 0 Å². The predicted octanol–water partition coefficient (Wildman–Crippen LogP) is -0.771. The Bertz CT molecular complexity index is 71.5. The first-order valence-corrected chi connectivity index (χ1v) is 12.0. The Balaban J connectivity index is 2.73. The molecule has 3 N–H and O–H groups in total. The minimum atomic E-state index is 0.279. The summed E-state index contributed by atoms with van der Waals surface area (Å²) in [5.74, 6) is 0. The zero-order valence-electron chi connectivity index (χ0n) is 7.49. The molecule has 2 nitrogen and oxygen atoms in total. The summed E-state index contributed by atoms with van der Waals surface area (Å²) in [6, 6.07) is 0. The summed E-state index contributed by atoms with van der Waals surface area (Å²) in [5.41, 5.74) is 5.40. The van der Waals surface area contributed by atoms with Crippen molar-refractivity contribution in [1.29, 1.82) is 0 Å². The van der Waals surface area contributed by atoms with E-state index in [1.54, 1.807) is 0 Å². The van der Waals surface area contributed by atoms with Gasteiger partial charge in [0.1, 0.15) is 0 Å². The third-order valence-corrected chi connectivity index (χ3v) is 4.54. The van der Waals surface area contributed by atoms with Crippen LogP contribution in [0.3, 0.4) is 0 Å². The van der Waals surface area contributed by atoms with E-state index in [-0.39, 0.29) is 17.5 Å². The monoisotopic (exact) mass is 397 g/mol. The first kappa shape index (κ1) is 13.4. The molecule has 0 aliphatic rings. The Kier molecular flexibility index (Phi) is 13.8. The van der Waals surface area contributed by atoms with Crippen LogP contribution in [0.5, 0.6) is 0 Å². The van der Waals surface area contributed by atoms with Gasteiger partial charge in [-0.1, -0.05) is 0 Å². The van der Waals surface area contributed by atoms with Crippen molar-refractivity contribution in [1.82, 2.24) is 3.53 Å². The molecule has 0 saturated carbocycles. The van der Waals surface area contributed by atoms with E-state index in [0.717, 1.165) is 6.54 Å². The Morgan fingerprint density at radius 3 is 2.17 bits per heavy atom. The first-order valence-electron chi connectivity index (χ1n) is 4.59. The molecule has 0 atom stereocenters. The van der Waals surface area contributed by atoms with Gasteiger partial charge in [-0.25, -0.2) is 0 Å². The second kappa shape index (κ2) is 12.4. The second-order valence-corrected chi connectivity index (χ2v) is 6.77. The van der Waals surface area contributed by atoms with Crippen molar-refractivity contribution in [2.24, 2.45) is 5.73 Å². The molecule has 0 aromatic carbocycles. The van der Waals surface area contributed by atoms with Crippen LogP contribution >= 0.6 is 18.6 Å². The van der Waals surface area contributed by atoms with E-state index < -0.39 is 0 Å². The number of nitrogens with one attached hydrogen (secondary N) is 1. The van der Waals surface area contributed by atoms with Gasteiger partial charge >= 0.3 is 97.0 Å². The zero-order valence-corrected chi connectivity index (χ0v) is 11.8. The molecule has 4 heteroatoms. The van der Waals surface area contributed by atoms with Crippen LogP contribution in [-0.4, -0.2) is 13.1 Å². The van der Waals surface area contributed by atoms with Gasteiger partial charge in [0.2, 0.25) is 0 Å². The van der Waals surface area contributed by atoms with Gasteiger partial charge in [0.25, 0.3) is 0 Å². The fourth-order valence-corrected chi connectivity index (χ4v) is 3.03. The molecule has 76 valence electrons. The molecule has 0 bridgehead atoms. The van der Waals surface area contributed by atoms with Crippen LogP contribution in [0.4, 0.5) is 0 Å². The second-order valence-electron chi connectivity index (χ2n) is 2.87. The fourth-order valence-electron chi connectivity index (χ4n) is 1.08. The topological polar surface area (TPSA) is 38.0 Å². The van der Waals surface area contributed by atoms with Crippen molar-refractivity contribution in [3.8, 4) is 0 Å². The number of hydrogen-bond acceptors (Lipinski definition) is 2. The molecule has 0 aromatic heterocycles. The summed E-state index contributed by atoms with van der Waals surface area (Å²) in [6.07, 6.45) is 8.03.